The molecule has 0 unspecified atom stereocenters. The first-order chi connectivity index (χ1) is 14.8. The zero-order chi connectivity index (χ0) is 22.1. The molecule has 0 saturated heterocycles. The van der Waals surface area contributed by atoms with Crippen molar-refractivity contribution >= 4 is 0 Å². The van der Waals surface area contributed by atoms with Crippen LogP contribution >= 0.6 is 0 Å². The van der Waals surface area contributed by atoms with Gasteiger partial charge in [-0.25, -0.2) is 4.79 Å². The second-order valence-electron chi connectivity index (χ2n) is 7.81. The van der Waals surface area contributed by atoms with E-state index in [1.165, 1.54) is 14.9 Å². The van der Waals surface area contributed by atoms with Gasteiger partial charge in [-0.3, -0.25) is 4.98 Å². The lowest BCUT2D eigenvalue weighted by molar-refractivity contribution is 0.302. The van der Waals surface area contributed by atoms with Gasteiger partial charge < -0.3 is 4.74 Å². The molecule has 0 fully saturated rings. The summed E-state index contributed by atoms with van der Waals surface area (Å²) in [4.78, 5) is 17.0. The first-order valence-corrected chi connectivity index (χ1v) is 10.1. The van der Waals surface area contributed by atoms with Crippen molar-refractivity contribution in [2.75, 3.05) is 0 Å². The molecule has 0 saturated carbocycles. The number of ether oxygens (including phenoxy) is 1. The summed E-state index contributed by atoms with van der Waals surface area (Å²) in [5.41, 5.74) is 7.50. The van der Waals surface area contributed by atoms with Crippen LogP contribution < -0.4 is 10.4 Å². The van der Waals surface area contributed by atoms with Crippen molar-refractivity contribution in [1.82, 2.24) is 24.8 Å². The summed E-state index contributed by atoms with van der Waals surface area (Å²) in [6.07, 6.45) is 0. The zero-order valence-corrected chi connectivity index (χ0v) is 18.4. The fourth-order valence-corrected chi connectivity index (χ4v) is 3.65. The number of aryl methyl sites for hydroxylation is 5. The molecule has 158 valence electrons. The maximum absolute atomic E-state index is 12.3. The van der Waals surface area contributed by atoms with E-state index in [-0.39, 0.29) is 5.69 Å². The van der Waals surface area contributed by atoms with Crippen LogP contribution in [0.3, 0.4) is 0 Å². The third-order valence-corrected chi connectivity index (χ3v) is 5.28. The molecule has 2 aromatic heterocycles. The molecular formula is C24H25N5O2. The summed E-state index contributed by atoms with van der Waals surface area (Å²) in [6.45, 7) is 8.40. The number of aromatic nitrogens is 5. The molecule has 31 heavy (non-hydrogen) atoms. The maximum atomic E-state index is 12.3. The lowest BCUT2D eigenvalue weighted by Gasteiger charge is -2.15. The van der Waals surface area contributed by atoms with Gasteiger partial charge in [-0.05, 0) is 91.2 Å². The summed E-state index contributed by atoms with van der Waals surface area (Å²) in [6, 6.07) is 16.0. The first-order valence-electron chi connectivity index (χ1n) is 10.1. The Labute approximate surface area is 180 Å². The fourth-order valence-electron chi connectivity index (χ4n) is 3.65. The Morgan fingerprint density at radius 3 is 2.42 bits per heavy atom. The molecule has 2 aromatic carbocycles. The quantitative estimate of drug-likeness (QED) is 0.495. The van der Waals surface area contributed by atoms with Gasteiger partial charge in [-0.15, -0.1) is 0 Å². The van der Waals surface area contributed by atoms with Gasteiger partial charge in [-0.2, -0.15) is 9.36 Å². The molecule has 7 nitrogen and oxygen atoms in total. The number of pyridine rings is 1. The Balaban J connectivity index is 1.62. The zero-order valence-electron chi connectivity index (χ0n) is 18.4. The lowest BCUT2D eigenvalue weighted by atomic mass is 10.1. The van der Waals surface area contributed by atoms with Crippen molar-refractivity contribution in [1.29, 1.82) is 0 Å². The van der Waals surface area contributed by atoms with Gasteiger partial charge in [0.2, 0.25) is 0 Å². The Kier molecular flexibility index (Phi) is 5.42. The van der Waals surface area contributed by atoms with E-state index in [0.717, 1.165) is 39.4 Å². The normalized spacial score (nSPS) is 11.0. The van der Waals surface area contributed by atoms with Crippen molar-refractivity contribution in [3.63, 3.8) is 0 Å². The fraction of sp³-hybridized carbons (Fsp3) is 0.250. The summed E-state index contributed by atoms with van der Waals surface area (Å²) < 4.78 is 8.66. The molecular weight excluding hydrogens is 390 g/mol. The van der Waals surface area contributed by atoms with Crippen LogP contribution in [0.5, 0.6) is 5.75 Å². The van der Waals surface area contributed by atoms with E-state index in [1.54, 1.807) is 7.05 Å². The summed E-state index contributed by atoms with van der Waals surface area (Å²) in [5.74, 6) is 0.786. The van der Waals surface area contributed by atoms with Gasteiger partial charge in [0, 0.05) is 23.9 Å². The van der Waals surface area contributed by atoms with Crippen molar-refractivity contribution in [2.45, 2.75) is 34.3 Å². The van der Waals surface area contributed by atoms with Crippen LogP contribution in [0.2, 0.25) is 0 Å². The number of benzene rings is 2. The number of rotatable bonds is 5. The van der Waals surface area contributed by atoms with Crippen LogP contribution in [0.4, 0.5) is 0 Å². The SMILES string of the molecule is Cc1cc(C)nc(-c2ccc(OCc3c(C)cccc3-n3nnn(C)c3=O)c(C)c2)c1. The standard InChI is InChI=1S/C24H25N5O2/c1-15-11-18(4)25-21(12-15)19-9-10-23(17(3)13-19)31-14-20-16(2)7-6-8-22(20)29-24(30)28(5)26-27-29/h6-13H,14H2,1-5H3. The van der Waals surface area contributed by atoms with E-state index in [0.29, 0.717) is 12.3 Å². The molecule has 4 rings (SSSR count). The Morgan fingerprint density at radius 1 is 0.935 bits per heavy atom. The van der Waals surface area contributed by atoms with Gasteiger partial charge >= 0.3 is 5.69 Å². The van der Waals surface area contributed by atoms with E-state index in [9.17, 15) is 4.79 Å². The predicted molar refractivity (Wildman–Crippen MR) is 120 cm³/mol. The lowest BCUT2D eigenvalue weighted by Crippen LogP contribution is -2.23. The highest BCUT2D eigenvalue weighted by atomic mass is 16.5. The molecule has 0 aliphatic rings. The third-order valence-electron chi connectivity index (χ3n) is 5.28. The summed E-state index contributed by atoms with van der Waals surface area (Å²) in [7, 11) is 1.58. The molecule has 0 N–H and O–H groups in total. The van der Waals surface area contributed by atoms with Crippen molar-refractivity contribution < 1.29 is 4.74 Å². The molecule has 0 atom stereocenters. The minimum Gasteiger partial charge on any atom is -0.489 e. The molecule has 4 aromatic rings. The molecule has 0 bridgehead atoms. The van der Waals surface area contributed by atoms with Crippen LogP contribution in [0.25, 0.3) is 16.9 Å². The second-order valence-corrected chi connectivity index (χ2v) is 7.81. The maximum Gasteiger partial charge on any atom is 0.368 e. The number of hydrogen-bond donors (Lipinski definition) is 0. The van der Waals surface area contributed by atoms with Gasteiger partial charge in [0.25, 0.3) is 0 Å². The van der Waals surface area contributed by atoms with Gasteiger partial charge in [-0.1, -0.05) is 12.1 Å². The van der Waals surface area contributed by atoms with Crippen molar-refractivity contribution in [2.24, 2.45) is 7.05 Å². The first kappa shape index (κ1) is 20.5. The van der Waals surface area contributed by atoms with Crippen LogP contribution in [-0.2, 0) is 13.7 Å². The number of nitrogens with zero attached hydrogens (tertiary/aromatic N) is 5. The number of tetrazole rings is 1. The Morgan fingerprint density at radius 2 is 1.74 bits per heavy atom. The monoisotopic (exact) mass is 415 g/mol. The summed E-state index contributed by atoms with van der Waals surface area (Å²) in [5, 5.41) is 7.79. The average molecular weight is 415 g/mol. The highest BCUT2D eigenvalue weighted by molar-refractivity contribution is 5.63. The minimum atomic E-state index is -0.298. The molecule has 0 radical (unpaired) electrons. The Hall–Kier alpha value is -3.74. The van der Waals surface area contributed by atoms with E-state index < -0.39 is 0 Å². The minimum absolute atomic E-state index is 0.298. The second kappa shape index (κ2) is 8.18. The van der Waals surface area contributed by atoms with Crippen LogP contribution in [0.1, 0.15) is 27.9 Å². The third kappa shape index (κ3) is 4.12. The van der Waals surface area contributed by atoms with Crippen LogP contribution in [-0.4, -0.2) is 24.8 Å². The van der Waals surface area contributed by atoms with Gasteiger partial charge in [0.05, 0.1) is 11.4 Å². The summed E-state index contributed by atoms with van der Waals surface area (Å²) >= 11 is 0. The highest BCUT2D eigenvalue weighted by Gasteiger charge is 2.14. The predicted octanol–water partition coefficient (Wildman–Crippen LogP) is 3.84. The largest absolute Gasteiger partial charge is 0.489 e. The molecule has 0 aliphatic heterocycles. The van der Waals surface area contributed by atoms with E-state index in [2.05, 4.69) is 40.5 Å². The molecule has 0 aliphatic carbocycles. The van der Waals surface area contributed by atoms with Crippen LogP contribution in [0, 0.1) is 27.7 Å². The molecule has 7 heteroatoms. The van der Waals surface area contributed by atoms with E-state index in [1.807, 2.05) is 51.1 Å². The molecule has 0 spiro atoms. The smallest absolute Gasteiger partial charge is 0.368 e. The molecule has 2 heterocycles. The number of hydrogen-bond acceptors (Lipinski definition) is 5. The molecule has 0 amide bonds. The average Bonchev–Trinajstić information content (AvgIpc) is 3.05. The highest BCUT2D eigenvalue weighted by Crippen LogP contribution is 2.27. The van der Waals surface area contributed by atoms with E-state index in [4.69, 9.17) is 4.74 Å². The van der Waals surface area contributed by atoms with Crippen LogP contribution in [0.15, 0.2) is 53.3 Å². The van der Waals surface area contributed by atoms with Gasteiger partial charge in [0.15, 0.2) is 0 Å². The Bertz CT molecular complexity index is 1300. The van der Waals surface area contributed by atoms with Crippen molar-refractivity contribution in [3.05, 3.63) is 87.0 Å². The topological polar surface area (TPSA) is 74.8 Å². The van der Waals surface area contributed by atoms with Gasteiger partial charge in [0.1, 0.15) is 12.4 Å². The van der Waals surface area contributed by atoms with E-state index >= 15 is 0 Å². The van der Waals surface area contributed by atoms with Crippen molar-refractivity contribution in [3.8, 4) is 22.7 Å².